The summed E-state index contributed by atoms with van der Waals surface area (Å²) < 4.78 is 9.34. The number of pyridine rings is 1. The van der Waals surface area contributed by atoms with Crippen molar-refractivity contribution < 1.29 is 33.8 Å². The maximum atomic E-state index is 13.6. The number of aromatic nitrogens is 4. The number of amides is 4. The van der Waals surface area contributed by atoms with Crippen molar-refractivity contribution in [2.24, 2.45) is 13.0 Å². The van der Waals surface area contributed by atoms with Gasteiger partial charge in [-0.2, -0.15) is 5.10 Å². The maximum absolute atomic E-state index is 13.6. The number of piperidine rings is 1. The summed E-state index contributed by atoms with van der Waals surface area (Å²) in [6.07, 6.45) is 6.61. The zero-order valence-corrected chi connectivity index (χ0v) is 41.8. The Balaban J connectivity index is 0.665. The van der Waals surface area contributed by atoms with Gasteiger partial charge in [0.15, 0.2) is 10.8 Å². The summed E-state index contributed by atoms with van der Waals surface area (Å²) >= 11 is 1.43. The fraction of sp³-hybridized carbons (Fsp3) is 0.357. The molecule has 2 saturated heterocycles. The number of aromatic carboxylic acids is 1. The first-order valence-corrected chi connectivity index (χ1v) is 26.1. The Labute approximate surface area is 426 Å². The number of rotatable bonds is 12. The molecule has 6 heterocycles. The molecule has 16 nitrogen and oxygen atoms in total. The van der Waals surface area contributed by atoms with Gasteiger partial charge >= 0.3 is 5.97 Å². The molecule has 1 unspecified atom stereocenters. The SMILES string of the molecule is Cc1cc(O[C@H]2CC[C@H](CCC(=O)N3CCN(c4cccc5c(C6CCC(=O)NC6=O)nn(C)c45)CC3)CC2)ccc1-c1ccc(N2CCc3cccc(C(=O)Nc4nc5ccccc5s4)c3C2)nc1C(=O)O. The number of imide groups is 1. The monoisotopic (exact) mass is 999 g/mol. The van der Waals surface area contributed by atoms with Crippen molar-refractivity contribution in [1.29, 1.82) is 0 Å². The Morgan fingerprint density at radius 3 is 2.41 bits per heavy atom. The number of ether oxygens (including phenoxy) is 1. The summed E-state index contributed by atoms with van der Waals surface area (Å²) in [6.45, 7) is 5.65. The van der Waals surface area contributed by atoms with Gasteiger partial charge in [0.2, 0.25) is 17.7 Å². The van der Waals surface area contributed by atoms with E-state index >= 15 is 0 Å². The minimum Gasteiger partial charge on any atom is -0.490 e. The first-order chi connectivity index (χ1) is 35.4. The molecule has 4 aliphatic rings. The summed E-state index contributed by atoms with van der Waals surface area (Å²) in [5.74, 6) is -0.443. The first kappa shape index (κ1) is 47.7. The van der Waals surface area contributed by atoms with E-state index in [-0.39, 0.29) is 35.4 Å². The highest BCUT2D eigenvalue weighted by Crippen LogP contribution is 2.38. The highest BCUT2D eigenvalue weighted by atomic mass is 32.1. The van der Waals surface area contributed by atoms with E-state index in [9.17, 15) is 29.1 Å². The lowest BCUT2D eigenvalue weighted by atomic mass is 9.84. The number of nitrogens with one attached hydrogen (secondary N) is 2. The molecule has 4 amide bonds. The highest BCUT2D eigenvalue weighted by molar-refractivity contribution is 7.22. The van der Waals surface area contributed by atoms with Gasteiger partial charge in [-0.25, -0.2) is 14.8 Å². The van der Waals surface area contributed by atoms with Crippen LogP contribution in [0.4, 0.5) is 16.6 Å². The molecule has 374 valence electrons. The Morgan fingerprint density at radius 2 is 1.63 bits per heavy atom. The molecular weight excluding hydrogens is 943 g/mol. The van der Waals surface area contributed by atoms with Crippen LogP contribution in [0, 0.1) is 12.8 Å². The number of hydrogen-bond acceptors (Lipinski definition) is 12. The van der Waals surface area contributed by atoms with Gasteiger partial charge in [0.05, 0.1) is 39.1 Å². The third-order valence-corrected chi connectivity index (χ3v) is 16.2. The molecule has 3 aliphatic heterocycles. The van der Waals surface area contributed by atoms with Gasteiger partial charge < -0.3 is 24.5 Å². The molecule has 1 aliphatic carbocycles. The molecule has 0 bridgehead atoms. The lowest BCUT2D eigenvalue weighted by Gasteiger charge is -2.37. The largest absolute Gasteiger partial charge is 0.490 e. The van der Waals surface area contributed by atoms with Crippen LogP contribution in [-0.4, -0.2) is 98.2 Å². The van der Waals surface area contributed by atoms with Crippen molar-refractivity contribution in [2.45, 2.75) is 83.3 Å². The Bertz CT molecular complexity index is 3280. The highest BCUT2D eigenvalue weighted by Gasteiger charge is 2.34. The minimum atomic E-state index is -1.12. The van der Waals surface area contributed by atoms with Crippen molar-refractivity contribution in [2.75, 3.05) is 47.8 Å². The number of thiazole rings is 1. The molecule has 4 aromatic carbocycles. The van der Waals surface area contributed by atoms with Crippen LogP contribution in [0.15, 0.2) is 91.0 Å². The molecule has 11 rings (SSSR count). The predicted octanol–water partition coefficient (Wildman–Crippen LogP) is 8.65. The molecule has 73 heavy (non-hydrogen) atoms. The molecular formula is C56H57N9O7S. The van der Waals surface area contributed by atoms with Gasteiger partial charge in [0.25, 0.3) is 5.91 Å². The zero-order chi connectivity index (χ0) is 50.3. The number of para-hydroxylation sites is 2. The molecule has 3 N–H and O–H groups in total. The predicted molar refractivity (Wildman–Crippen MR) is 280 cm³/mol. The number of benzene rings is 4. The summed E-state index contributed by atoms with van der Waals surface area (Å²) in [7, 11) is 1.89. The van der Waals surface area contributed by atoms with E-state index in [2.05, 4.69) is 26.6 Å². The van der Waals surface area contributed by atoms with Crippen molar-refractivity contribution in [3.8, 4) is 16.9 Å². The Morgan fingerprint density at radius 1 is 0.836 bits per heavy atom. The maximum Gasteiger partial charge on any atom is 0.355 e. The van der Waals surface area contributed by atoms with E-state index in [1.54, 1.807) is 0 Å². The van der Waals surface area contributed by atoms with Crippen LogP contribution in [0.1, 0.15) is 101 Å². The zero-order valence-electron chi connectivity index (χ0n) is 40.9. The van der Waals surface area contributed by atoms with E-state index in [4.69, 9.17) is 14.8 Å². The number of fused-ring (bicyclic) bond motifs is 3. The van der Waals surface area contributed by atoms with E-state index in [0.717, 1.165) is 86.9 Å². The molecule has 3 aromatic heterocycles. The van der Waals surface area contributed by atoms with E-state index in [1.165, 1.54) is 11.3 Å². The lowest BCUT2D eigenvalue weighted by molar-refractivity contribution is -0.134. The number of carbonyl (C=O) groups excluding carboxylic acids is 4. The van der Waals surface area contributed by atoms with E-state index in [0.29, 0.717) is 98.6 Å². The summed E-state index contributed by atoms with van der Waals surface area (Å²) in [5, 5.41) is 22.1. The lowest BCUT2D eigenvalue weighted by Crippen LogP contribution is -2.49. The second-order valence-electron chi connectivity index (χ2n) is 19.8. The number of carboxylic acids is 1. The topological polar surface area (TPSA) is 192 Å². The summed E-state index contributed by atoms with van der Waals surface area (Å²) in [5.41, 5.74) is 8.15. The van der Waals surface area contributed by atoms with Crippen LogP contribution in [0.25, 0.3) is 32.2 Å². The second kappa shape index (κ2) is 20.1. The van der Waals surface area contributed by atoms with Gasteiger partial charge in [-0.05, 0) is 129 Å². The van der Waals surface area contributed by atoms with Gasteiger partial charge in [-0.15, -0.1) is 0 Å². The third kappa shape index (κ3) is 9.73. The molecule has 1 saturated carbocycles. The standard InChI is InChI=1S/C56H57N9O7S/c1-33-31-37(18-19-38(33)39-20-22-47(58-51(39)55(70)71)65-26-25-35-7-5-8-40(43(35)32-65)53(68)60-56-57-44-10-3-4-12-46(44)73-56)72-36-16-13-34(14-17-36)15-24-49(67)64-29-27-63(28-30-64)45-11-6-9-41-50(61-62(2)52(41)45)42-21-23-48(66)59-54(42)69/h3-12,18-20,22,31,34,36,42H,13-17,21,23-30,32H2,1-2H3,(H,70,71)(H,57,60,68)(H,59,66,69)/t34-,36-,42?. The molecule has 7 aromatic rings. The summed E-state index contributed by atoms with van der Waals surface area (Å²) in [4.78, 5) is 80.0. The number of nitrogens with zero attached hydrogens (tertiary/aromatic N) is 7. The molecule has 0 spiro atoms. The van der Waals surface area contributed by atoms with Gasteiger partial charge in [0, 0.05) is 75.7 Å². The fourth-order valence-electron chi connectivity index (χ4n) is 11.3. The molecule has 1 atom stereocenters. The Hall–Kier alpha value is -7.66. The normalized spacial score (nSPS) is 19.2. The number of aryl methyl sites for hydroxylation is 2. The number of piperazine rings is 1. The molecule has 17 heteroatoms. The minimum absolute atomic E-state index is 0.0388. The fourth-order valence-corrected chi connectivity index (χ4v) is 12.2. The van der Waals surface area contributed by atoms with Gasteiger partial charge in [-0.1, -0.05) is 53.8 Å². The van der Waals surface area contributed by atoms with E-state index in [1.807, 2.05) is 113 Å². The van der Waals surface area contributed by atoms with Crippen molar-refractivity contribution in [3.05, 3.63) is 125 Å². The van der Waals surface area contributed by atoms with E-state index < -0.39 is 11.9 Å². The molecule has 3 fully saturated rings. The van der Waals surface area contributed by atoms with Crippen LogP contribution in [0.3, 0.4) is 0 Å². The quantitative estimate of drug-likeness (QED) is 0.0989. The molecule has 0 radical (unpaired) electrons. The number of anilines is 3. The van der Waals surface area contributed by atoms with Crippen LogP contribution < -0.4 is 25.2 Å². The van der Waals surface area contributed by atoms with Crippen LogP contribution in [-0.2, 0) is 34.4 Å². The van der Waals surface area contributed by atoms with Crippen LogP contribution >= 0.6 is 11.3 Å². The number of carbonyl (C=O) groups is 5. The van der Waals surface area contributed by atoms with Crippen molar-refractivity contribution in [3.63, 3.8) is 0 Å². The Kier molecular flexibility index (Phi) is 13.1. The average Bonchev–Trinajstić information content (AvgIpc) is 3.97. The van der Waals surface area contributed by atoms with Gasteiger partial charge in [0.1, 0.15) is 11.6 Å². The number of hydrogen-bond donors (Lipinski definition) is 3. The third-order valence-electron chi connectivity index (χ3n) is 15.2. The smallest absolute Gasteiger partial charge is 0.355 e. The second-order valence-corrected chi connectivity index (χ2v) is 20.8. The van der Waals surface area contributed by atoms with Gasteiger partial charge in [-0.3, -0.25) is 34.5 Å². The van der Waals surface area contributed by atoms with Crippen molar-refractivity contribution in [1.82, 2.24) is 30.0 Å². The van der Waals surface area contributed by atoms with Crippen molar-refractivity contribution >= 4 is 78.7 Å². The average molecular weight is 1000 g/mol. The van der Waals surface area contributed by atoms with Crippen LogP contribution in [0.2, 0.25) is 0 Å². The van der Waals surface area contributed by atoms with Crippen LogP contribution in [0.5, 0.6) is 5.75 Å². The summed E-state index contributed by atoms with van der Waals surface area (Å²) in [6, 6.07) is 29.1. The first-order valence-electron chi connectivity index (χ1n) is 25.3. The number of carboxylic acid groups (broad SMARTS) is 1.